The third-order valence-corrected chi connectivity index (χ3v) is 4.74. The fourth-order valence-corrected chi connectivity index (χ4v) is 3.22. The number of benzene rings is 1. The van der Waals surface area contributed by atoms with Gasteiger partial charge < -0.3 is 20.3 Å². The average Bonchev–Trinajstić information content (AvgIpc) is 2.73. The maximum Gasteiger partial charge on any atom is 0.253 e. The fourth-order valence-electron chi connectivity index (χ4n) is 3.22. The van der Waals surface area contributed by atoms with Crippen LogP contribution >= 0.6 is 0 Å². The zero-order valence-corrected chi connectivity index (χ0v) is 16.4. The molecule has 8 heteroatoms. The van der Waals surface area contributed by atoms with Crippen molar-refractivity contribution in [2.45, 2.75) is 26.2 Å². The van der Waals surface area contributed by atoms with Gasteiger partial charge in [0.25, 0.3) is 5.91 Å². The number of hydrogen-bond acceptors (Lipinski definition) is 7. The SMILES string of the molecule is CNc1nc(Nc2ccc(C(=O)N3CCCCC3)cc2OC)ncc1C(C)=O. The van der Waals surface area contributed by atoms with Crippen LogP contribution in [-0.4, -0.2) is 53.8 Å². The molecule has 0 atom stereocenters. The van der Waals surface area contributed by atoms with Crippen LogP contribution in [0.5, 0.6) is 5.75 Å². The van der Waals surface area contributed by atoms with Crippen LogP contribution in [0.1, 0.15) is 46.9 Å². The lowest BCUT2D eigenvalue weighted by Gasteiger charge is -2.27. The zero-order valence-electron chi connectivity index (χ0n) is 16.4. The molecule has 0 saturated carbocycles. The maximum absolute atomic E-state index is 12.7. The second-order valence-electron chi connectivity index (χ2n) is 6.66. The van der Waals surface area contributed by atoms with Gasteiger partial charge in [0, 0.05) is 31.9 Å². The molecule has 1 aromatic heterocycles. The first kappa shape index (κ1) is 19.6. The van der Waals surface area contributed by atoms with Crippen molar-refractivity contribution in [3.63, 3.8) is 0 Å². The normalized spacial score (nSPS) is 13.8. The van der Waals surface area contributed by atoms with Crippen LogP contribution in [0.2, 0.25) is 0 Å². The number of carbonyl (C=O) groups is 2. The minimum Gasteiger partial charge on any atom is -0.495 e. The molecule has 1 aromatic carbocycles. The van der Waals surface area contributed by atoms with Crippen LogP contribution in [0.15, 0.2) is 24.4 Å². The first-order valence-electron chi connectivity index (χ1n) is 9.33. The standard InChI is InChI=1S/C20H25N5O3/c1-13(26)15-12-22-20(24-18(15)21-2)23-16-8-7-14(11-17(16)28-3)19(27)25-9-5-4-6-10-25/h7-8,11-12H,4-6,9-10H2,1-3H3,(H2,21,22,23,24). The van der Waals surface area contributed by atoms with Crippen LogP contribution in [-0.2, 0) is 0 Å². The maximum atomic E-state index is 12.7. The molecule has 2 heterocycles. The third kappa shape index (κ3) is 4.21. The lowest BCUT2D eigenvalue weighted by Crippen LogP contribution is -2.35. The van der Waals surface area contributed by atoms with Crippen molar-refractivity contribution >= 4 is 29.1 Å². The molecule has 148 valence electrons. The van der Waals surface area contributed by atoms with E-state index in [1.165, 1.54) is 19.5 Å². The topological polar surface area (TPSA) is 96.5 Å². The average molecular weight is 383 g/mol. The van der Waals surface area contributed by atoms with Crippen molar-refractivity contribution in [1.29, 1.82) is 0 Å². The van der Waals surface area contributed by atoms with E-state index in [-0.39, 0.29) is 11.7 Å². The molecule has 1 aliphatic rings. The van der Waals surface area contributed by atoms with E-state index in [9.17, 15) is 9.59 Å². The summed E-state index contributed by atoms with van der Waals surface area (Å²) < 4.78 is 5.46. The summed E-state index contributed by atoms with van der Waals surface area (Å²) in [7, 11) is 3.24. The molecule has 3 rings (SSSR count). The van der Waals surface area contributed by atoms with Gasteiger partial charge in [-0.25, -0.2) is 4.98 Å². The second kappa shape index (κ2) is 8.69. The summed E-state index contributed by atoms with van der Waals surface area (Å²) in [6, 6.07) is 5.27. The Balaban J connectivity index is 1.83. The lowest BCUT2D eigenvalue weighted by molar-refractivity contribution is 0.0724. The van der Waals surface area contributed by atoms with E-state index in [0.29, 0.717) is 34.3 Å². The molecule has 0 radical (unpaired) electrons. The molecule has 2 N–H and O–H groups in total. The van der Waals surface area contributed by atoms with Gasteiger partial charge in [-0.15, -0.1) is 0 Å². The zero-order chi connectivity index (χ0) is 20.1. The Morgan fingerprint density at radius 2 is 1.93 bits per heavy atom. The Hall–Kier alpha value is -3.16. The van der Waals surface area contributed by atoms with E-state index in [1.807, 2.05) is 4.90 Å². The molecule has 28 heavy (non-hydrogen) atoms. The summed E-state index contributed by atoms with van der Waals surface area (Å²) >= 11 is 0. The van der Waals surface area contributed by atoms with Gasteiger partial charge in [0.2, 0.25) is 5.95 Å². The van der Waals surface area contributed by atoms with Gasteiger partial charge in [-0.2, -0.15) is 4.98 Å². The molecule has 0 spiro atoms. The molecule has 2 aromatic rings. The molecular formula is C20H25N5O3. The van der Waals surface area contributed by atoms with E-state index >= 15 is 0 Å². The number of nitrogens with zero attached hydrogens (tertiary/aromatic N) is 3. The number of amides is 1. The second-order valence-corrected chi connectivity index (χ2v) is 6.66. The minimum atomic E-state index is -0.117. The Morgan fingerprint density at radius 1 is 1.18 bits per heavy atom. The van der Waals surface area contributed by atoms with Crippen LogP contribution in [0.25, 0.3) is 0 Å². The molecule has 0 bridgehead atoms. The molecule has 1 saturated heterocycles. The summed E-state index contributed by atoms with van der Waals surface area (Å²) in [5.74, 6) is 1.19. The monoisotopic (exact) mass is 383 g/mol. The van der Waals surface area contributed by atoms with Crippen molar-refractivity contribution < 1.29 is 14.3 Å². The van der Waals surface area contributed by atoms with E-state index in [0.717, 1.165) is 25.9 Å². The number of Topliss-reactive ketones (excluding diaryl/α,β-unsaturated/α-hetero) is 1. The number of likely N-dealkylation sites (tertiary alicyclic amines) is 1. The summed E-state index contributed by atoms with van der Waals surface area (Å²) in [6.45, 7) is 3.06. The Kier molecular flexibility index (Phi) is 6.08. The van der Waals surface area contributed by atoms with Crippen LogP contribution < -0.4 is 15.4 Å². The van der Waals surface area contributed by atoms with E-state index in [2.05, 4.69) is 20.6 Å². The van der Waals surface area contributed by atoms with Crippen LogP contribution in [0, 0.1) is 0 Å². The predicted octanol–water partition coefficient (Wildman–Crippen LogP) is 3.10. The lowest BCUT2D eigenvalue weighted by atomic mass is 10.1. The number of piperidine rings is 1. The van der Waals surface area contributed by atoms with E-state index in [4.69, 9.17) is 4.74 Å². The van der Waals surface area contributed by atoms with Crippen molar-refractivity contribution in [3.05, 3.63) is 35.5 Å². The van der Waals surface area contributed by atoms with Gasteiger partial charge in [0.05, 0.1) is 18.4 Å². The molecule has 1 amide bonds. The summed E-state index contributed by atoms with van der Waals surface area (Å²) in [5.41, 5.74) is 1.64. The highest BCUT2D eigenvalue weighted by Crippen LogP contribution is 2.29. The van der Waals surface area contributed by atoms with Gasteiger partial charge >= 0.3 is 0 Å². The quantitative estimate of drug-likeness (QED) is 0.740. The molecular weight excluding hydrogens is 358 g/mol. The molecule has 0 unspecified atom stereocenters. The molecule has 0 aliphatic carbocycles. The first-order chi connectivity index (χ1) is 13.5. The highest BCUT2D eigenvalue weighted by molar-refractivity contribution is 5.98. The Bertz CT molecular complexity index is 878. The number of carbonyl (C=O) groups excluding carboxylic acids is 2. The predicted molar refractivity (Wildman–Crippen MR) is 108 cm³/mol. The van der Waals surface area contributed by atoms with Gasteiger partial charge in [-0.3, -0.25) is 9.59 Å². The van der Waals surface area contributed by atoms with Crippen molar-refractivity contribution in [1.82, 2.24) is 14.9 Å². The number of rotatable bonds is 6. The number of anilines is 3. The van der Waals surface area contributed by atoms with Gasteiger partial charge in [0.1, 0.15) is 11.6 Å². The molecule has 1 fully saturated rings. The highest BCUT2D eigenvalue weighted by Gasteiger charge is 2.20. The van der Waals surface area contributed by atoms with Crippen LogP contribution in [0.3, 0.4) is 0 Å². The highest BCUT2D eigenvalue weighted by atomic mass is 16.5. The summed E-state index contributed by atoms with van der Waals surface area (Å²) in [6.07, 6.45) is 4.74. The van der Waals surface area contributed by atoms with Gasteiger partial charge in [0.15, 0.2) is 5.78 Å². The minimum absolute atomic E-state index is 0.0177. The fraction of sp³-hybridized carbons (Fsp3) is 0.400. The van der Waals surface area contributed by atoms with Crippen molar-refractivity contribution in [2.24, 2.45) is 0 Å². The van der Waals surface area contributed by atoms with Crippen molar-refractivity contribution in [2.75, 3.05) is 37.9 Å². The van der Waals surface area contributed by atoms with Crippen molar-refractivity contribution in [3.8, 4) is 5.75 Å². The number of ketones is 1. The number of aromatic nitrogens is 2. The molecule has 1 aliphatic heterocycles. The van der Waals surface area contributed by atoms with Crippen LogP contribution in [0.4, 0.5) is 17.5 Å². The summed E-state index contributed by atoms with van der Waals surface area (Å²) in [5, 5.41) is 5.99. The van der Waals surface area contributed by atoms with E-state index < -0.39 is 0 Å². The van der Waals surface area contributed by atoms with E-state index in [1.54, 1.807) is 32.4 Å². The first-order valence-corrected chi connectivity index (χ1v) is 9.33. The third-order valence-electron chi connectivity index (χ3n) is 4.74. The Morgan fingerprint density at radius 3 is 2.57 bits per heavy atom. The number of nitrogens with one attached hydrogen (secondary N) is 2. The smallest absolute Gasteiger partial charge is 0.253 e. The van der Waals surface area contributed by atoms with Gasteiger partial charge in [-0.05, 0) is 44.4 Å². The summed E-state index contributed by atoms with van der Waals surface area (Å²) in [4.78, 5) is 34.7. The number of methoxy groups -OCH3 is 1. The molecule has 8 nitrogen and oxygen atoms in total. The number of ether oxygens (including phenoxy) is 1. The Labute approximate surface area is 164 Å². The number of hydrogen-bond donors (Lipinski definition) is 2. The largest absolute Gasteiger partial charge is 0.495 e. The van der Waals surface area contributed by atoms with Gasteiger partial charge in [-0.1, -0.05) is 0 Å².